The molecule has 0 saturated carbocycles. The minimum absolute atomic E-state index is 0.133. The van der Waals surface area contributed by atoms with Crippen molar-refractivity contribution in [1.82, 2.24) is 0 Å². The molecule has 1 saturated heterocycles. The van der Waals surface area contributed by atoms with E-state index in [0.717, 1.165) is 11.3 Å². The lowest BCUT2D eigenvalue weighted by atomic mass is 10.2. The minimum atomic E-state index is -0.585. The van der Waals surface area contributed by atoms with Crippen LogP contribution in [0.1, 0.15) is 18.9 Å². The third kappa shape index (κ3) is 2.97. The van der Waals surface area contributed by atoms with E-state index in [2.05, 4.69) is 5.32 Å². The summed E-state index contributed by atoms with van der Waals surface area (Å²) in [7, 11) is 0. The fourth-order valence-corrected chi connectivity index (χ4v) is 2.87. The molecule has 0 aliphatic carbocycles. The smallest absolute Gasteiger partial charge is 0.256 e. The summed E-state index contributed by atoms with van der Waals surface area (Å²) in [5, 5.41) is 3.16. The van der Waals surface area contributed by atoms with Crippen LogP contribution in [0.3, 0.4) is 0 Å². The van der Waals surface area contributed by atoms with E-state index in [-0.39, 0.29) is 18.2 Å². The quantitative estimate of drug-likeness (QED) is 0.859. The molecule has 0 radical (unpaired) electrons. The fourth-order valence-electron chi connectivity index (χ4n) is 2.87. The highest BCUT2D eigenvalue weighted by molar-refractivity contribution is 6.23. The molecule has 2 aromatic rings. The lowest BCUT2D eigenvalue weighted by molar-refractivity contribution is -0.121. The normalized spacial score (nSPS) is 17.2. The third-order valence-electron chi connectivity index (χ3n) is 4.02. The van der Waals surface area contributed by atoms with Crippen molar-refractivity contribution in [2.24, 2.45) is 0 Å². The number of imide groups is 1. The van der Waals surface area contributed by atoms with Gasteiger partial charge in [-0.05, 0) is 37.6 Å². The van der Waals surface area contributed by atoms with Gasteiger partial charge < -0.3 is 10.1 Å². The SMILES string of the molecule is CCOc1ccccc1N[C@@H]1CC(=O)N(c2ccccc2C)C1=O. The van der Waals surface area contributed by atoms with Gasteiger partial charge in [-0.15, -0.1) is 0 Å². The number of carbonyl (C=O) groups excluding carboxylic acids is 2. The highest BCUT2D eigenvalue weighted by atomic mass is 16.5. The van der Waals surface area contributed by atoms with E-state index >= 15 is 0 Å². The molecular formula is C19H20N2O3. The zero-order chi connectivity index (χ0) is 17.1. The molecule has 0 spiro atoms. The average Bonchev–Trinajstić information content (AvgIpc) is 2.84. The van der Waals surface area contributed by atoms with Gasteiger partial charge in [0.2, 0.25) is 5.91 Å². The second kappa shape index (κ2) is 6.74. The van der Waals surface area contributed by atoms with Crippen molar-refractivity contribution in [3.63, 3.8) is 0 Å². The Morgan fingerprint density at radius 3 is 2.58 bits per heavy atom. The maximum absolute atomic E-state index is 12.7. The summed E-state index contributed by atoms with van der Waals surface area (Å²) >= 11 is 0. The van der Waals surface area contributed by atoms with Gasteiger partial charge in [-0.2, -0.15) is 0 Å². The predicted octanol–water partition coefficient (Wildman–Crippen LogP) is 3.14. The van der Waals surface area contributed by atoms with Crippen molar-refractivity contribution in [3.05, 3.63) is 54.1 Å². The van der Waals surface area contributed by atoms with Crippen LogP contribution in [0.2, 0.25) is 0 Å². The third-order valence-corrected chi connectivity index (χ3v) is 4.02. The largest absolute Gasteiger partial charge is 0.492 e. The number of rotatable bonds is 5. The summed E-state index contributed by atoms with van der Waals surface area (Å²) in [4.78, 5) is 26.4. The highest BCUT2D eigenvalue weighted by Gasteiger charge is 2.40. The molecule has 1 atom stereocenters. The van der Waals surface area contributed by atoms with E-state index < -0.39 is 6.04 Å². The standard InChI is InChI=1S/C19H20N2O3/c1-3-24-17-11-7-5-9-14(17)20-15-12-18(22)21(19(15)23)16-10-6-4-8-13(16)2/h4-11,15,20H,3,12H2,1-2H3/t15-/m1/s1. The van der Waals surface area contributed by atoms with Crippen LogP contribution in [0.15, 0.2) is 48.5 Å². The zero-order valence-corrected chi connectivity index (χ0v) is 13.8. The van der Waals surface area contributed by atoms with Gasteiger partial charge >= 0.3 is 0 Å². The number of hydrogen-bond acceptors (Lipinski definition) is 4. The summed E-state index contributed by atoms with van der Waals surface area (Å²) in [6.07, 6.45) is 0.133. The first-order valence-corrected chi connectivity index (χ1v) is 8.02. The molecule has 0 bridgehead atoms. The molecule has 2 aromatic carbocycles. The van der Waals surface area contributed by atoms with Crippen LogP contribution in [0, 0.1) is 6.92 Å². The first-order chi connectivity index (χ1) is 11.6. The van der Waals surface area contributed by atoms with E-state index in [9.17, 15) is 9.59 Å². The molecular weight excluding hydrogens is 304 g/mol. The van der Waals surface area contributed by atoms with Gasteiger partial charge in [0.25, 0.3) is 5.91 Å². The van der Waals surface area contributed by atoms with Crippen LogP contribution >= 0.6 is 0 Å². The summed E-state index contributed by atoms with van der Waals surface area (Å²) in [5.74, 6) is 0.246. The molecule has 1 fully saturated rings. The molecule has 1 N–H and O–H groups in total. The number of para-hydroxylation sites is 3. The number of hydrogen-bond donors (Lipinski definition) is 1. The summed E-state index contributed by atoms with van der Waals surface area (Å²) in [5.41, 5.74) is 2.27. The minimum Gasteiger partial charge on any atom is -0.492 e. The molecule has 1 aliphatic heterocycles. The van der Waals surface area contributed by atoms with Crippen molar-refractivity contribution in [3.8, 4) is 5.75 Å². The maximum Gasteiger partial charge on any atom is 0.256 e. The van der Waals surface area contributed by atoms with E-state index in [1.165, 1.54) is 4.90 Å². The van der Waals surface area contributed by atoms with E-state index in [1.807, 2.05) is 56.3 Å². The van der Waals surface area contributed by atoms with E-state index in [1.54, 1.807) is 6.07 Å². The van der Waals surface area contributed by atoms with Gasteiger partial charge in [-0.1, -0.05) is 30.3 Å². The van der Waals surface area contributed by atoms with Gasteiger partial charge in [-0.25, -0.2) is 4.90 Å². The number of nitrogens with zero attached hydrogens (tertiary/aromatic N) is 1. The number of anilines is 2. The number of aryl methyl sites for hydroxylation is 1. The molecule has 0 aromatic heterocycles. The number of carbonyl (C=O) groups is 2. The van der Waals surface area contributed by atoms with Gasteiger partial charge in [0.05, 0.1) is 24.4 Å². The van der Waals surface area contributed by atoms with Crippen LogP contribution in [0.25, 0.3) is 0 Å². The lowest BCUT2D eigenvalue weighted by Crippen LogP contribution is -2.35. The zero-order valence-electron chi connectivity index (χ0n) is 13.8. The van der Waals surface area contributed by atoms with Crippen molar-refractivity contribution >= 4 is 23.2 Å². The lowest BCUT2D eigenvalue weighted by Gasteiger charge is -2.19. The summed E-state index contributed by atoms with van der Waals surface area (Å²) < 4.78 is 5.57. The van der Waals surface area contributed by atoms with Crippen molar-refractivity contribution in [2.75, 3.05) is 16.8 Å². The van der Waals surface area contributed by atoms with Gasteiger partial charge in [0.1, 0.15) is 11.8 Å². The molecule has 5 nitrogen and oxygen atoms in total. The van der Waals surface area contributed by atoms with E-state index in [4.69, 9.17) is 4.74 Å². The Balaban J connectivity index is 1.84. The number of nitrogens with one attached hydrogen (secondary N) is 1. The molecule has 2 amide bonds. The van der Waals surface area contributed by atoms with Crippen LogP contribution in [0.4, 0.5) is 11.4 Å². The Hall–Kier alpha value is -2.82. The second-order valence-corrected chi connectivity index (χ2v) is 5.68. The molecule has 3 rings (SSSR count). The average molecular weight is 324 g/mol. The topological polar surface area (TPSA) is 58.6 Å². The first kappa shape index (κ1) is 16.1. The molecule has 5 heteroatoms. The van der Waals surface area contributed by atoms with Crippen molar-refractivity contribution < 1.29 is 14.3 Å². The van der Waals surface area contributed by atoms with Crippen LogP contribution < -0.4 is 15.0 Å². The Kier molecular flexibility index (Phi) is 4.51. The molecule has 24 heavy (non-hydrogen) atoms. The second-order valence-electron chi connectivity index (χ2n) is 5.68. The fraction of sp³-hybridized carbons (Fsp3) is 0.263. The molecule has 1 heterocycles. The van der Waals surface area contributed by atoms with Crippen LogP contribution in [-0.4, -0.2) is 24.5 Å². The Morgan fingerprint density at radius 1 is 1.12 bits per heavy atom. The van der Waals surface area contributed by atoms with Gasteiger partial charge in [0.15, 0.2) is 0 Å². The summed E-state index contributed by atoms with van der Waals surface area (Å²) in [6, 6.07) is 14.2. The number of benzene rings is 2. The van der Waals surface area contributed by atoms with Crippen LogP contribution in [0.5, 0.6) is 5.75 Å². The highest BCUT2D eigenvalue weighted by Crippen LogP contribution is 2.30. The Labute approximate surface area is 141 Å². The monoisotopic (exact) mass is 324 g/mol. The molecule has 124 valence electrons. The molecule has 1 aliphatic rings. The van der Waals surface area contributed by atoms with Crippen molar-refractivity contribution in [2.45, 2.75) is 26.3 Å². The maximum atomic E-state index is 12.7. The molecule has 0 unspecified atom stereocenters. The van der Waals surface area contributed by atoms with Gasteiger partial charge in [0, 0.05) is 0 Å². The summed E-state index contributed by atoms with van der Waals surface area (Å²) in [6.45, 7) is 4.33. The first-order valence-electron chi connectivity index (χ1n) is 8.02. The Morgan fingerprint density at radius 2 is 1.83 bits per heavy atom. The predicted molar refractivity (Wildman–Crippen MR) is 93.3 cm³/mol. The number of amides is 2. The van der Waals surface area contributed by atoms with Crippen LogP contribution in [-0.2, 0) is 9.59 Å². The van der Waals surface area contributed by atoms with Gasteiger partial charge in [-0.3, -0.25) is 9.59 Å². The van der Waals surface area contributed by atoms with E-state index in [0.29, 0.717) is 18.0 Å². The van der Waals surface area contributed by atoms with Crippen molar-refractivity contribution in [1.29, 1.82) is 0 Å². The number of ether oxygens (including phenoxy) is 1. The Bertz CT molecular complexity index is 773.